The summed E-state index contributed by atoms with van der Waals surface area (Å²) < 4.78 is 5.26. The van der Waals surface area contributed by atoms with Crippen LogP contribution in [0.3, 0.4) is 0 Å². The molecule has 1 aliphatic rings. The molecule has 1 heterocycles. The van der Waals surface area contributed by atoms with Gasteiger partial charge in [0.05, 0.1) is 12.0 Å². The van der Waals surface area contributed by atoms with Crippen molar-refractivity contribution in [2.24, 2.45) is 0 Å². The van der Waals surface area contributed by atoms with E-state index in [1.165, 1.54) is 19.2 Å². The highest BCUT2D eigenvalue weighted by molar-refractivity contribution is 8.26. The number of aromatic hydroxyl groups is 1. The van der Waals surface area contributed by atoms with Crippen LogP contribution in [-0.4, -0.2) is 33.4 Å². The number of halogens is 1. The number of amides is 2. The Morgan fingerprint density at radius 2 is 2.11 bits per heavy atom. The van der Waals surface area contributed by atoms with Crippen LogP contribution in [0.15, 0.2) is 47.4 Å². The van der Waals surface area contributed by atoms with E-state index in [0.717, 1.165) is 16.8 Å². The summed E-state index contributed by atoms with van der Waals surface area (Å²) in [7, 11) is 1.43. The Hall–Kier alpha value is -2.55. The number of benzene rings is 2. The number of rotatable bonds is 4. The van der Waals surface area contributed by atoms with Gasteiger partial charge in [-0.05, 0) is 54.2 Å². The molecule has 1 aliphatic heterocycles. The number of nitrogens with one attached hydrogen (secondary N) is 1. The van der Waals surface area contributed by atoms with Crippen molar-refractivity contribution >= 4 is 57.8 Å². The largest absolute Gasteiger partial charge is 0.504 e. The van der Waals surface area contributed by atoms with Crippen LogP contribution < -0.4 is 10.2 Å². The van der Waals surface area contributed by atoms with Gasteiger partial charge in [-0.15, -0.1) is 0 Å². The maximum atomic E-state index is 12.6. The predicted octanol–water partition coefficient (Wildman–Crippen LogP) is 3.60. The molecule has 0 unspecified atom stereocenters. The molecule has 6 nitrogen and oxygen atoms in total. The summed E-state index contributed by atoms with van der Waals surface area (Å²) in [6, 6.07) is 11.0. The number of ether oxygens (including phenoxy) is 1. The molecule has 0 aromatic heterocycles. The van der Waals surface area contributed by atoms with Gasteiger partial charge in [0, 0.05) is 10.6 Å². The molecule has 0 bridgehead atoms. The topological polar surface area (TPSA) is 78.9 Å². The van der Waals surface area contributed by atoms with Gasteiger partial charge in [0.1, 0.15) is 0 Å². The molecule has 9 heteroatoms. The van der Waals surface area contributed by atoms with E-state index >= 15 is 0 Å². The van der Waals surface area contributed by atoms with E-state index in [4.69, 9.17) is 28.6 Å². The van der Waals surface area contributed by atoms with Crippen LogP contribution in [0.5, 0.6) is 11.5 Å². The van der Waals surface area contributed by atoms with Crippen molar-refractivity contribution in [3.05, 3.63) is 63.5 Å². The minimum Gasteiger partial charge on any atom is -0.504 e. The fourth-order valence-corrected chi connectivity index (χ4v) is 3.67. The van der Waals surface area contributed by atoms with Crippen LogP contribution >= 0.6 is 35.6 Å². The summed E-state index contributed by atoms with van der Waals surface area (Å²) in [6.07, 6.45) is 1.60. The van der Waals surface area contributed by atoms with Gasteiger partial charge >= 0.3 is 0 Å². The average Bonchev–Trinajstić information content (AvgIpc) is 2.90. The highest BCUT2D eigenvalue weighted by Gasteiger charge is 2.33. The van der Waals surface area contributed by atoms with Gasteiger partial charge in [0.25, 0.3) is 11.8 Å². The van der Waals surface area contributed by atoms with Crippen LogP contribution in [0.1, 0.15) is 15.9 Å². The highest BCUT2D eigenvalue weighted by Crippen LogP contribution is 2.33. The molecule has 0 aliphatic carbocycles. The van der Waals surface area contributed by atoms with E-state index in [1.54, 1.807) is 36.4 Å². The number of methoxy groups -OCH3 is 1. The summed E-state index contributed by atoms with van der Waals surface area (Å²) in [5.74, 6) is -0.668. The van der Waals surface area contributed by atoms with Crippen LogP contribution in [0.4, 0.5) is 0 Å². The van der Waals surface area contributed by atoms with Crippen molar-refractivity contribution in [1.82, 2.24) is 10.4 Å². The molecule has 0 radical (unpaired) electrons. The standard InChI is InChI=1S/C18H13ClN2O4S2/c1-25-14-7-10(5-6-13(14)22)8-15-17(24)21(18(26)27-15)20-16(23)11-3-2-4-12(19)9-11/h2-9,22H,1H3,(H,20,23)/b15-8+. The molecule has 0 saturated carbocycles. The first-order valence-corrected chi connectivity index (χ1v) is 9.21. The Kier molecular flexibility index (Phi) is 5.69. The monoisotopic (exact) mass is 420 g/mol. The zero-order valence-corrected chi connectivity index (χ0v) is 16.3. The Bertz CT molecular complexity index is 978. The van der Waals surface area contributed by atoms with Gasteiger partial charge in [-0.1, -0.05) is 35.5 Å². The van der Waals surface area contributed by atoms with Crippen molar-refractivity contribution in [2.45, 2.75) is 0 Å². The van der Waals surface area contributed by atoms with Gasteiger partial charge < -0.3 is 9.84 Å². The first-order chi connectivity index (χ1) is 12.9. The molecule has 2 amide bonds. The number of carbonyl (C=O) groups excluding carboxylic acids is 2. The zero-order valence-electron chi connectivity index (χ0n) is 13.9. The summed E-state index contributed by atoms with van der Waals surface area (Å²) in [6.45, 7) is 0. The van der Waals surface area contributed by atoms with E-state index in [2.05, 4.69) is 5.43 Å². The lowest BCUT2D eigenvalue weighted by Crippen LogP contribution is -2.44. The third-order valence-electron chi connectivity index (χ3n) is 3.60. The van der Waals surface area contributed by atoms with Crippen LogP contribution in [-0.2, 0) is 4.79 Å². The summed E-state index contributed by atoms with van der Waals surface area (Å²) in [5.41, 5.74) is 3.44. The normalized spacial score (nSPS) is 15.3. The maximum Gasteiger partial charge on any atom is 0.285 e. The fraction of sp³-hybridized carbons (Fsp3) is 0.0556. The number of hydrogen-bond donors (Lipinski definition) is 2. The van der Waals surface area contributed by atoms with Crippen molar-refractivity contribution in [3.63, 3.8) is 0 Å². The lowest BCUT2D eigenvalue weighted by Gasteiger charge is -2.15. The van der Waals surface area contributed by atoms with E-state index in [-0.39, 0.29) is 15.8 Å². The van der Waals surface area contributed by atoms with E-state index in [1.807, 2.05) is 0 Å². The number of nitrogens with zero attached hydrogens (tertiary/aromatic N) is 1. The van der Waals surface area contributed by atoms with Crippen molar-refractivity contribution in [2.75, 3.05) is 7.11 Å². The second-order valence-electron chi connectivity index (χ2n) is 5.40. The second kappa shape index (κ2) is 7.99. The van der Waals surface area contributed by atoms with E-state index in [0.29, 0.717) is 21.1 Å². The lowest BCUT2D eigenvalue weighted by molar-refractivity contribution is -0.123. The maximum absolute atomic E-state index is 12.6. The molecular formula is C18H13ClN2O4S2. The Morgan fingerprint density at radius 3 is 2.81 bits per heavy atom. The minimum atomic E-state index is -0.499. The number of thiocarbonyl (C=S) groups is 1. The van der Waals surface area contributed by atoms with Crippen LogP contribution in [0.2, 0.25) is 5.02 Å². The molecule has 2 aromatic carbocycles. The lowest BCUT2D eigenvalue weighted by atomic mass is 10.2. The number of phenols is 1. The van der Waals surface area contributed by atoms with Gasteiger partial charge in [-0.25, -0.2) is 0 Å². The van der Waals surface area contributed by atoms with Gasteiger partial charge in [-0.3, -0.25) is 15.0 Å². The van der Waals surface area contributed by atoms with Crippen LogP contribution in [0.25, 0.3) is 6.08 Å². The summed E-state index contributed by atoms with van der Waals surface area (Å²) in [4.78, 5) is 25.3. The highest BCUT2D eigenvalue weighted by atomic mass is 35.5. The summed E-state index contributed by atoms with van der Waals surface area (Å²) >= 11 is 12.1. The van der Waals surface area contributed by atoms with E-state index in [9.17, 15) is 14.7 Å². The molecule has 1 fully saturated rings. The fourth-order valence-electron chi connectivity index (χ4n) is 2.30. The first kappa shape index (κ1) is 19.2. The Morgan fingerprint density at radius 1 is 1.33 bits per heavy atom. The third kappa shape index (κ3) is 4.24. The number of carbonyl (C=O) groups is 2. The van der Waals surface area contributed by atoms with Crippen molar-refractivity contribution < 1.29 is 19.4 Å². The number of hydrazine groups is 1. The second-order valence-corrected chi connectivity index (χ2v) is 7.51. The minimum absolute atomic E-state index is 0.00372. The van der Waals surface area contributed by atoms with Crippen LogP contribution in [0, 0.1) is 0 Å². The molecule has 2 N–H and O–H groups in total. The predicted molar refractivity (Wildman–Crippen MR) is 109 cm³/mol. The summed E-state index contributed by atoms with van der Waals surface area (Å²) in [5, 5.41) is 11.1. The number of phenolic OH excluding ortho intramolecular Hbond substituents is 1. The molecule has 0 spiro atoms. The molecule has 2 aromatic rings. The van der Waals surface area contributed by atoms with Crippen molar-refractivity contribution in [1.29, 1.82) is 0 Å². The molecule has 3 rings (SSSR count). The third-order valence-corrected chi connectivity index (χ3v) is 5.13. The Balaban J connectivity index is 1.79. The van der Waals surface area contributed by atoms with E-state index < -0.39 is 11.8 Å². The smallest absolute Gasteiger partial charge is 0.285 e. The molecule has 0 atom stereocenters. The average molecular weight is 421 g/mol. The first-order valence-electron chi connectivity index (χ1n) is 7.60. The molecular weight excluding hydrogens is 408 g/mol. The molecule has 1 saturated heterocycles. The van der Waals surface area contributed by atoms with Crippen molar-refractivity contribution in [3.8, 4) is 11.5 Å². The molecule has 138 valence electrons. The van der Waals surface area contributed by atoms with Gasteiger partial charge in [-0.2, -0.15) is 5.01 Å². The zero-order chi connectivity index (χ0) is 19.6. The SMILES string of the molecule is COc1cc(/C=C2/SC(=S)N(NC(=O)c3cccc(Cl)c3)C2=O)ccc1O. The van der Waals surface area contributed by atoms with Gasteiger partial charge in [0.15, 0.2) is 15.8 Å². The molecule has 27 heavy (non-hydrogen) atoms. The quantitative estimate of drug-likeness (QED) is 0.581. The van der Waals surface area contributed by atoms with Gasteiger partial charge in [0.2, 0.25) is 0 Å². The number of hydrogen-bond acceptors (Lipinski definition) is 6. The number of thioether (sulfide) groups is 1. The Labute approximate surface area is 169 Å².